The number of hydrogen-bond donors (Lipinski definition) is 1. The predicted octanol–water partition coefficient (Wildman–Crippen LogP) is 2.77. The quantitative estimate of drug-likeness (QED) is 0.848. The standard InChI is InChI=1S/C12H13BrN2/c1-12(2)10(11(12)15)8-5-7(6-14)3-4-9(8)13/h3-5,10-11H,15H2,1-2H3/t10-,11-/m1/s1. The van der Waals surface area contributed by atoms with Gasteiger partial charge in [0.2, 0.25) is 0 Å². The van der Waals surface area contributed by atoms with Crippen LogP contribution in [0.1, 0.15) is 30.9 Å². The Bertz CT molecular complexity index is 445. The van der Waals surface area contributed by atoms with Crippen LogP contribution in [0.2, 0.25) is 0 Å². The highest BCUT2D eigenvalue weighted by atomic mass is 79.9. The molecule has 1 aliphatic rings. The molecule has 2 nitrogen and oxygen atoms in total. The number of nitriles is 1. The van der Waals surface area contributed by atoms with Crippen molar-refractivity contribution < 1.29 is 0 Å². The first-order valence-corrected chi connectivity index (χ1v) is 5.73. The molecule has 0 aliphatic heterocycles. The van der Waals surface area contributed by atoms with Crippen LogP contribution in [0.25, 0.3) is 0 Å². The van der Waals surface area contributed by atoms with Gasteiger partial charge < -0.3 is 5.73 Å². The van der Waals surface area contributed by atoms with Gasteiger partial charge in [-0.3, -0.25) is 0 Å². The summed E-state index contributed by atoms with van der Waals surface area (Å²) < 4.78 is 1.05. The second kappa shape index (κ2) is 3.33. The molecule has 0 aromatic heterocycles. The zero-order valence-electron chi connectivity index (χ0n) is 8.79. The molecular weight excluding hydrogens is 252 g/mol. The average molecular weight is 265 g/mol. The Labute approximate surface area is 98.2 Å². The van der Waals surface area contributed by atoms with E-state index in [2.05, 4.69) is 35.8 Å². The highest BCUT2D eigenvalue weighted by molar-refractivity contribution is 9.10. The molecular formula is C12H13BrN2. The summed E-state index contributed by atoms with van der Waals surface area (Å²) in [5.74, 6) is 0.361. The van der Waals surface area contributed by atoms with Crippen molar-refractivity contribution in [2.75, 3.05) is 0 Å². The van der Waals surface area contributed by atoms with E-state index in [1.165, 1.54) is 0 Å². The third kappa shape index (κ3) is 1.58. The number of benzene rings is 1. The van der Waals surface area contributed by atoms with Crippen LogP contribution >= 0.6 is 15.9 Å². The Morgan fingerprint density at radius 1 is 1.47 bits per heavy atom. The van der Waals surface area contributed by atoms with Crippen LogP contribution < -0.4 is 5.73 Å². The van der Waals surface area contributed by atoms with Crippen LogP contribution in [0, 0.1) is 16.7 Å². The van der Waals surface area contributed by atoms with Crippen LogP contribution in [-0.4, -0.2) is 6.04 Å². The van der Waals surface area contributed by atoms with Crippen molar-refractivity contribution in [3.05, 3.63) is 33.8 Å². The van der Waals surface area contributed by atoms with Gasteiger partial charge >= 0.3 is 0 Å². The van der Waals surface area contributed by atoms with E-state index in [-0.39, 0.29) is 11.5 Å². The van der Waals surface area contributed by atoms with Gasteiger partial charge in [-0.05, 0) is 29.2 Å². The molecule has 0 heterocycles. The lowest BCUT2D eigenvalue weighted by Crippen LogP contribution is -2.06. The lowest BCUT2D eigenvalue weighted by Gasteiger charge is -2.06. The minimum absolute atomic E-state index is 0.149. The molecule has 0 amide bonds. The van der Waals surface area contributed by atoms with Gasteiger partial charge in [0.1, 0.15) is 0 Å². The molecule has 78 valence electrons. The number of rotatable bonds is 1. The van der Waals surface area contributed by atoms with Crippen molar-refractivity contribution in [3.63, 3.8) is 0 Å². The summed E-state index contributed by atoms with van der Waals surface area (Å²) in [4.78, 5) is 0. The van der Waals surface area contributed by atoms with E-state index < -0.39 is 0 Å². The van der Waals surface area contributed by atoms with Gasteiger partial charge in [0.05, 0.1) is 11.6 Å². The van der Waals surface area contributed by atoms with Gasteiger partial charge in [0.15, 0.2) is 0 Å². The van der Waals surface area contributed by atoms with E-state index in [0.717, 1.165) is 10.0 Å². The molecule has 15 heavy (non-hydrogen) atoms. The summed E-state index contributed by atoms with van der Waals surface area (Å²) in [5.41, 5.74) is 8.04. The normalized spacial score (nSPS) is 27.1. The molecule has 2 N–H and O–H groups in total. The molecule has 1 aromatic rings. The van der Waals surface area contributed by atoms with Gasteiger partial charge in [-0.25, -0.2) is 0 Å². The van der Waals surface area contributed by atoms with Crippen molar-refractivity contribution in [2.24, 2.45) is 11.1 Å². The molecule has 2 rings (SSSR count). The molecule has 0 unspecified atom stereocenters. The van der Waals surface area contributed by atoms with E-state index in [1.54, 1.807) is 0 Å². The Kier molecular flexibility index (Phi) is 2.37. The third-order valence-electron chi connectivity index (χ3n) is 3.37. The largest absolute Gasteiger partial charge is 0.327 e. The Balaban J connectivity index is 2.42. The zero-order valence-corrected chi connectivity index (χ0v) is 10.4. The number of hydrogen-bond acceptors (Lipinski definition) is 2. The summed E-state index contributed by atoms with van der Waals surface area (Å²) >= 11 is 3.51. The second-order valence-electron chi connectivity index (χ2n) is 4.67. The first-order valence-electron chi connectivity index (χ1n) is 4.93. The smallest absolute Gasteiger partial charge is 0.0991 e. The molecule has 1 aliphatic carbocycles. The van der Waals surface area contributed by atoms with Crippen LogP contribution in [0.15, 0.2) is 22.7 Å². The van der Waals surface area contributed by atoms with Gasteiger partial charge in [0, 0.05) is 16.4 Å². The minimum atomic E-state index is 0.149. The fourth-order valence-electron chi connectivity index (χ4n) is 2.12. The maximum Gasteiger partial charge on any atom is 0.0991 e. The van der Waals surface area contributed by atoms with E-state index in [9.17, 15) is 0 Å². The summed E-state index contributed by atoms with van der Waals surface area (Å²) in [6.45, 7) is 4.32. The number of nitrogens with two attached hydrogens (primary N) is 1. The first-order chi connectivity index (χ1) is 6.98. The average Bonchev–Trinajstić information content (AvgIpc) is 2.68. The number of nitrogens with zero attached hydrogens (tertiary/aromatic N) is 1. The van der Waals surface area contributed by atoms with Crippen molar-refractivity contribution in [2.45, 2.75) is 25.8 Å². The highest BCUT2D eigenvalue weighted by Gasteiger charge is 2.56. The number of halogens is 1. The lowest BCUT2D eigenvalue weighted by atomic mass is 10.0. The maximum absolute atomic E-state index is 8.85. The molecule has 1 saturated carbocycles. The summed E-state index contributed by atoms with van der Waals surface area (Å²) in [5, 5.41) is 8.85. The van der Waals surface area contributed by atoms with E-state index >= 15 is 0 Å². The zero-order chi connectivity index (χ0) is 11.2. The fourth-order valence-corrected chi connectivity index (χ4v) is 2.62. The summed E-state index contributed by atoms with van der Waals surface area (Å²) in [6, 6.07) is 8.03. The Morgan fingerprint density at radius 2 is 2.07 bits per heavy atom. The molecule has 1 aromatic carbocycles. The molecule has 0 spiro atoms. The van der Waals surface area contributed by atoms with Crippen LogP contribution in [0.3, 0.4) is 0 Å². The van der Waals surface area contributed by atoms with Crippen molar-refractivity contribution >= 4 is 15.9 Å². The SMILES string of the molecule is CC1(C)[C@H](N)[C@H]1c1cc(C#N)ccc1Br. The lowest BCUT2D eigenvalue weighted by molar-refractivity contribution is 0.598. The molecule has 3 heteroatoms. The van der Waals surface area contributed by atoms with Crippen molar-refractivity contribution in [1.29, 1.82) is 5.26 Å². The van der Waals surface area contributed by atoms with Gasteiger partial charge in [-0.1, -0.05) is 29.8 Å². The molecule has 0 radical (unpaired) electrons. The van der Waals surface area contributed by atoms with E-state index in [1.807, 2.05) is 18.2 Å². The van der Waals surface area contributed by atoms with Crippen LogP contribution in [-0.2, 0) is 0 Å². The summed E-state index contributed by atoms with van der Waals surface area (Å²) in [7, 11) is 0. The molecule has 0 saturated heterocycles. The Hall–Kier alpha value is -0.850. The topological polar surface area (TPSA) is 49.8 Å². The Morgan fingerprint density at radius 3 is 2.53 bits per heavy atom. The molecule has 1 fully saturated rings. The van der Waals surface area contributed by atoms with Crippen molar-refractivity contribution in [3.8, 4) is 6.07 Å². The van der Waals surface area contributed by atoms with E-state index in [4.69, 9.17) is 11.0 Å². The van der Waals surface area contributed by atoms with Gasteiger partial charge in [-0.15, -0.1) is 0 Å². The second-order valence-corrected chi connectivity index (χ2v) is 5.53. The monoisotopic (exact) mass is 264 g/mol. The van der Waals surface area contributed by atoms with Gasteiger partial charge in [-0.2, -0.15) is 5.26 Å². The molecule has 2 atom stereocenters. The van der Waals surface area contributed by atoms with Crippen LogP contribution in [0.4, 0.5) is 0 Å². The first kappa shape index (κ1) is 10.7. The van der Waals surface area contributed by atoms with Crippen LogP contribution in [0.5, 0.6) is 0 Å². The fraction of sp³-hybridized carbons (Fsp3) is 0.417. The third-order valence-corrected chi connectivity index (χ3v) is 4.09. The van der Waals surface area contributed by atoms with Gasteiger partial charge in [0.25, 0.3) is 0 Å². The van der Waals surface area contributed by atoms with E-state index in [0.29, 0.717) is 11.5 Å². The van der Waals surface area contributed by atoms with Crippen molar-refractivity contribution in [1.82, 2.24) is 0 Å². The minimum Gasteiger partial charge on any atom is -0.327 e. The maximum atomic E-state index is 8.85. The summed E-state index contributed by atoms with van der Waals surface area (Å²) in [6.07, 6.45) is 0. The predicted molar refractivity (Wildman–Crippen MR) is 63.4 cm³/mol. The molecule has 0 bridgehead atoms. The highest BCUT2D eigenvalue weighted by Crippen LogP contribution is 2.58.